The summed E-state index contributed by atoms with van der Waals surface area (Å²) in [6, 6.07) is 33.6. The predicted molar refractivity (Wildman–Crippen MR) is 147 cm³/mol. The zero-order chi connectivity index (χ0) is 25.2. The monoisotopic (exact) mass is 487 g/mol. The van der Waals surface area contributed by atoms with Gasteiger partial charge in [0.2, 0.25) is 5.91 Å². The standard InChI is InChI=1S/C32H29N3O2/c36-31(33-28-13-6-5-12-27(28)24-9-2-1-3-10-24)25-18-16-23(17-19-25)21-35-29-14-7-4-11-26(29)22-34-20-8-15-30(34)32(35)37/h1-7,9-14,16-19,30H,8,15,20-22H2,(H,33,36). The lowest BCUT2D eigenvalue weighted by Crippen LogP contribution is -2.42. The van der Waals surface area contributed by atoms with Crippen molar-refractivity contribution in [1.29, 1.82) is 0 Å². The third kappa shape index (κ3) is 4.66. The van der Waals surface area contributed by atoms with Gasteiger partial charge in [-0.1, -0.05) is 78.9 Å². The van der Waals surface area contributed by atoms with Crippen molar-refractivity contribution in [2.45, 2.75) is 32.0 Å². The van der Waals surface area contributed by atoms with Crippen LogP contribution in [0.3, 0.4) is 0 Å². The number of hydrogen-bond acceptors (Lipinski definition) is 3. The molecule has 1 atom stereocenters. The quantitative estimate of drug-likeness (QED) is 0.369. The zero-order valence-corrected chi connectivity index (χ0v) is 20.6. The highest BCUT2D eigenvalue weighted by molar-refractivity contribution is 6.06. The van der Waals surface area contributed by atoms with Crippen LogP contribution in [0.2, 0.25) is 0 Å². The number of carbonyl (C=O) groups excluding carboxylic acids is 2. The van der Waals surface area contributed by atoms with E-state index >= 15 is 0 Å². The second-order valence-corrected chi connectivity index (χ2v) is 9.74. The molecular formula is C32H29N3O2. The van der Waals surface area contributed by atoms with Crippen LogP contribution in [0.4, 0.5) is 11.4 Å². The number of fused-ring (bicyclic) bond motifs is 2. The molecule has 2 aliphatic heterocycles. The Labute approximate surface area is 217 Å². The van der Waals surface area contributed by atoms with Crippen LogP contribution in [-0.4, -0.2) is 29.3 Å². The first-order valence-electron chi connectivity index (χ1n) is 12.9. The van der Waals surface area contributed by atoms with Gasteiger partial charge < -0.3 is 10.2 Å². The fourth-order valence-electron chi connectivity index (χ4n) is 5.48. The van der Waals surface area contributed by atoms with Crippen molar-refractivity contribution in [3.63, 3.8) is 0 Å². The molecule has 1 fully saturated rings. The zero-order valence-electron chi connectivity index (χ0n) is 20.6. The summed E-state index contributed by atoms with van der Waals surface area (Å²) in [5.41, 5.74) is 6.56. The predicted octanol–water partition coefficient (Wildman–Crippen LogP) is 6.12. The molecule has 2 aliphatic rings. The van der Waals surface area contributed by atoms with Crippen molar-refractivity contribution >= 4 is 23.2 Å². The minimum Gasteiger partial charge on any atom is -0.321 e. The molecule has 37 heavy (non-hydrogen) atoms. The van der Waals surface area contributed by atoms with E-state index in [1.54, 1.807) is 0 Å². The molecule has 6 rings (SSSR count). The number of rotatable bonds is 5. The maximum Gasteiger partial charge on any atom is 0.255 e. The number of amides is 2. The van der Waals surface area contributed by atoms with E-state index in [1.807, 2.05) is 102 Å². The molecule has 1 N–H and O–H groups in total. The molecule has 0 aliphatic carbocycles. The van der Waals surface area contributed by atoms with Gasteiger partial charge in [-0.05, 0) is 60.3 Å². The lowest BCUT2D eigenvalue weighted by atomic mass is 10.0. The van der Waals surface area contributed by atoms with Crippen LogP contribution in [0.1, 0.15) is 34.3 Å². The molecule has 2 heterocycles. The maximum atomic E-state index is 13.5. The van der Waals surface area contributed by atoms with Gasteiger partial charge in [0.1, 0.15) is 0 Å². The summed E-state index contributed by atoms with van der Waals surface area (Å²) >= 11 is 0. The van der Waals surface area contributed by atoms with Crippen LogP contribution in [0.25, 0.3) is 11.1 Å². The Balaban J connectivity index is 1.21. The number of hydrogen-bond donors (Lipinski definition) is 1. The molecule has 1 unspecified atom stereocenters. The Morgan fingerprint density at radius 2 is 1.57 bits per heavy atom. The molecule has 5 heteroatoms. The number of benzene rings is 4. The molecular weight excluding hydrogens is 458 g/mol. The summed E-state index contributed by atoms with van der Waals surface area (Å²) in [5, 5.41) is 3.07. The van der Waals surface area contributed by atoms with Crippen LogP contribution in [-0.2, 0) is 17.9 Å². The molecule has 0 aromatic heterocycles. The minimum atomic E-state index is -0.160. The second kappa shape index (κ2) is 10.0. The summed E-state index contributed by atoms with van der Waals surface area (Å²) in [7, 11) is 0. The van der Waals surface area contributed by atoms with Crippen molar-refractivity contribution in [3.8, 4) is 11.1 Å². The van der Waals surface area contributed by atoms with Gasteiger partial charge in [-0.15, -0.1) is 0 Å². The van der Waals surface area contributed by atoms with Gasteiger partial charge in [0, 0.05) is 29.0 Å². The van der Waals surface area contributed by atoms with E-state index in [1.165, 1.54) is 5.56 Å². The topological polar surface area (TPSA) is 52.7 Å². The van der Waals surface area contributed by atoms with E-state index in [2.05, 4.69) is 16.3 Å². The first-order chi connectivity index (χ1) is 18.2. The molecule has 2 amide bonds. The fourth-order valence-corrected chi connectivity index (χ4v) is 5.48. The molecule has 5 nitrogen and oxygen atoms in total. The highest BCUT2D eigenvalue weighted by Crippen LogP contribution is 2.33. The van der Waals surface area contributed by atoms with Crippen molar-refractivity contribution in [2.24, 2.45) is 0 Å². The lowest BCUT2D eigenvalue weighted by molar-refractivity contribution is -0.122. The average Bonchev–Trinajstić information content (AvgIpc) is 3.37. The van der Waals surface area contributed by atoms with Gasteiger partial charge in [-0.3, -0.25) is 14.5 Å². The maximum absolute atomic E-state index is 13.5. The van der Waals surface area contributed by atoms with Gasteiger partial charge in [0.05, 0.1) is 12.6 Å². The third-order valence-electron chi connectivity index (χ3n) is 7.39. The van der Waals surface area contributed by atoms with Crippen LogP contribution >= 0.6 is 0 Å². The van der Waals surface area contributed by atoms with Crippen LogP contribution in [0, 0.1) is 0 Å². The summed E-state index contributed by atoms with van der Waals surface area (Å²) in [4.78, 5) is 30.9. The van der Waals surface area contributed by atoms with E-state index in [4.69, 9.17) is 0 Å². The molecule has 1 saturated heterocycles. The van der Waals surface area contributed by atoms with E-state index in [-0.39, 0.29) is 17.9 Å². The smallest absolute Gasteiger partial charge is 0.255 e. The van der Waals surface area contributed by atoms with Crippen LogP contribution < -0.4 is 10.2 Å². The lowest BCUT2D eigenvalue weighted by Gasteiger charge is -2.26. The Hall–Kier alpha value is -4.22. The van der Waals surface area contributed by atoms with Gasteiger partial charge in [0.15, 0.2) is 0 Å². The van der Waals surface area contributed by atoms with Crippen molar-refractivity contribution in [3.05, 3.63) is 120 Å². The van der Waals surface area contributed by atoms with Gasteiger partial charge in [-0.25, -0.2) is 0 Å². The van der Waals surface area contributed by atoms with E-state index in [9.17, 15) is 9.59 Å². The van der Waals surface area contributed by atoms with E-state index < -0.39 is 0 Å². The Kier molecular flexibility index (Phi) is 6.29. The Bertz CT molecular complexity index is 1430. The van der Waals surface area contributed by atoms with Crippen LogP contribution in [0.5, 0.6) is 0 Å². The Morgan fingerprint density at radius 3 is 2.41 bits per heavy atom. The minimum absolute atomic E-state index is 0.0536. The number of nitrogens with zero attached hydrogens (tertiary/aromatic N) is 2. The number of nitrogens with one attached hydrogen (secondary N) is 1. The average molecular weight is 488 g/mol. The van der Waals surface area contributed by atoms with Gasteiger partial charge in [0.25, 0.3) is 5.91 Å². The first-order valence-corrected chi connectivity index (χ1v) is 12.9. The van der Waals surface area contributed by atoms with Crippen molar-refractivity contribution < 1.29 is 9.59 Å². The number of carbonyl (C=O) groups is 2. The van der Waals surface area contributed by atoms with Gasteiger partial charge in [-0.2, -0.15) is 0 Å². The van der Waals surface area contributed by atoms with E-state index in [0.29, 0.717) is 12.1 Å². The number of anilines is 2. The molecule has 184 valence electrons. The molecule has 4 aromatic rings. The van der Waals surface area contributed by atoms with Crippen molar-refractivity contribution in [1.82, 2.24) is 4.90 Å². The van der Waals surface area contributed by atoms with Crippen molar-refractivity contribution in [2.75, 3.05) is 16.8 Å². The highest BCUT2D eigenvalue weighted by atomic mass is 16.2. The molecule has 0 bridgehead atoms. The third-order valence-corrected chi connectivity index (χ3v) is 7.39. The largest absolute Gasteiger partial charge is 0.321 e. The first kappa shape index (κ1) is 23.2. The summed E-state index contributed by atoms with van der Waals surface area (Å²) in [6.07, 6.45) is 1.97. The second-order valence-electron chi connectivity index (χ2n) is 9.74. The normalized spacial score (nSPS) is 17.1. The number of para-hydroxylation sites is 2. The summed E-state index contributed by atoms with van der Waals surface area (Å²) < 4.78 is 0. The van der Waals surface area contributed by atoms with Crippen LogP contribution in [0.15, 0.2) is 103 Å². The molecule has 4 aromatic carbocycles. The molecule has 0 radical (unpaired) electrons. The SMILES string of the molecule is O=C(Nc1ccccc1-c1ccccc1)c1ccc(CN2C(=O)C3CCCN3Cc3ccccc32)cc1. The Morgan fingerprint density at radius 1 is 0.838 bits per heavy atom. The summed E-state index contributed by atoms with van der Waals surface area (Å²) in [6.45, 7) is 2.27. The van der Waals surface area contributed by atoms with E-state index in [0.717, 1.165) is 54.0 Å². The van der Waals surface area contributed by atoms with Gasteiger partial charge >= 0.3 is 0 Å². The highest BCUT2D eigenvalue weighted by Gasteiger charge is 2.37. The summed E-state index contributed by atoms with van der Waals surface area (Å²) in [5.74, 6) is 0.00881. The molecule has 0 saturated carbocycles. The molecule has 0 spiro atoms. The fraction of sp³-hybridized carbons (Fsp3) is 0.188.